The highest BCUT2D eigenvalue weighted by Crippen LogP contribution is 2.38. The van der Waals surface area contributed by atoms with Crippen LogP contribution in [0, 0.1) is 18.3 Å². The second kappa shape index (κ2) is 5.88. The SMILES string of the molecule is Cc1ccc(C#N)cc1C=C(CN)B1OC(C)(C)C(C)(C)O1. The van der Waals surface area contributed by atoms with Crippen LogP contribution in [0.4, 0.5) is 0 Å². The van der Waals surface area contributed by atoms with Gasteiger partial charge >= 0.3 is 7.12 Å². The largest absolute Gasteiger partial charge is 0.491 e. The molecule has 0 unspecified atom stereocenters. The Bertz CT molecular complexity index is 629. The van der Waals surface area contributed by atoms with Crippen molar-refractivity contribution in [2.75, 3.05) is 6.54 Å². The summed E-state index contributed by atoms with van der Waals surface area (Å²) in [5.74, 6) is 0. The highest BCUT2D eigenvalue weighted by molar-refractivity contribution is 6.55. The molecule has 2 rings (SSSR count). The average Bonchev–Trinajstić information content (AvgIpc) is 2.66. The van der Waals surface area contributed by atoms with Crippen molar-refractivity contribution in [1.82, 2.24) is 0 Å². The molecule has 0 radical (unpaired) electrons. The van der Waals surface area contributed by atoms with E-state index in [1.54, 1.807) is 0 Å². The van der Waals surface area contributed by atoms with Gasteiger partial charge in [-0.25, -0.2) is 0 Å². The zero-order valence-electron chi connectivity index (χ0n) is 13.9. The zero-order chi connectivity index (χ0) is 16.5. The third-order valence-corrected chi connectivity index (χ3v) is 4.54. The quantitative estimate of drug-likeness (QED) is 0.871. The van der Waals surface area contributed by atoms with E-state index in [4.69, 9.17) is 20.3 Å². The summed E-state index contributed by atoms with van der Waals surface area (Å²) in [5, 5.41) is 9.05. The summed E-state index contributed by atoms with van der Waals surface area (Å²) < 4.78 is 12.1. The van der Waals surface area contributed by atoms with Gasteiger partial charge in [0.15, 0.2) is 0 Å². The summed E-state index contributed by atoms with van der Waals surface area (Å²) in [6.45, 7) is 10.4. The second-order valence-corrected chi connectivity index (χ2v) is 6.69. The molecule has 116 valence electrons. The molecule has 1 aromatic carbocycles. The Morgan fingerprint density at radius 2 is 1.86 bits per heavy atom. The number of aryl methyl sites for hydroxylation is 1. The molecule has 4 nitrogen and oxygen atoms in total. The van der Waals surface area contributed by atoms with Crippen LogP contribution in [0.5, 0.6) is 0 Å². The van der Waals surface area contributed by atoms with Crippen LogP contribution in [0.1, 0.15) is 44.4 Å². The van der Waals surface area contributed by atoms with Gasteiger partial charge in [-0.3, -0.25) is 0 Å². The average molecular weight is 298 g/mol. The summed E-state index contributed by atoms with van der Waals surface area (Å²) >= 11 is 0. The molecule has 1 aliphatic heterocycles. The first-order chi connectivity index (χ1) is 10.2. The standard InChI is InChI=1S/C17H23BN2O2/c1-12-6-7-13(10-19)8-14(12)9-15(11-20)18-21-16(2,3)17(4,5)22-18/h6-9H,11,20H2,1-5H3. The fraction of sp³-hybridized carbons (Fsp3) is 0.471. The predicted molar refractivity (Wildman–Crippen MR) is 89.0 cm³/mol. The molecule has 0 aliphatic carbocycles. The lowest BCUT2D eigenvalue weighted by molar-refractivity contribution is 0.00578. The molecule has 0 bridgehead atoms. The van der Waals surface area contributed by atoms with Gasteiger partial charge in [0, 0.05) is 6.54 Å². The van der Waals surface area contributed by atoms with Crippen molar-refractivity contribution in [3.63, 3.8) is 0 Å². The number of nitrogens with zero attached hydrogens (tertiary/aromatic N) is 1. The summed E-state index contributed by atoms with van der Waals surface area (Å²) in [6.07, 6.45) is 1.97. The molecule has 0 atom stereocenters. The van der Waals surface area contributed by atoms with Crippen LogP contribution in [0.25, 0.3) is 6.08 Å². The molecule has 0 amide bonds. The molecule has 0 aromatic heterocycles. The lowest BCUT2D eigenvalue weighted by Gasteiger charge is -2.32. The van der Waals surface area contributed by atoms with E-state index in [9.17, 15) is 0 Å². The zero-order valence-corrected chi connectivity index (χ0v) is 13.9. The van der Waals surface area contributed by atoms with E-state index in [0.29, 0.717) is 12.1 Å². The highest BCUT2D eigenvalue weighted by atomic mass is 16.7. The first-order valence-electron chi connectivity index (χ1n) is 7.47. The van der Waals surface area contributed by atoms with Crippen LogP contribution in [-0.4, -0.2) is 24.9 Å². The predicted octanol–water partition coefficient (Wildman–Crippen LogP) is 2.84. The van der Waals surface area contributed by atoms with Crippen LogP contribution in [0.3, 0.4) is 0 Å². The number of nitrogens with two attached hydrogens (primary N) is 1. The Kier molecular flexibility index (Phi) is 4.48. The molecule has 1 saturated heterocycles. The van der Waals surface area contributed by atoms with E-state index in [2.05, 4.69) is 6.07 Å². The van der Waals surface area contributed by atoms with Crippen molar-refractivity contribution in [3.8, 4) is 6.07 Å². The lowest BCUT2D eigenvalue weighted by atomic mass is 9.76. The molecule has 1 aromatic rings. The van der Waals surface area contributed by atoms with Gasteiger partial charge in [-0.1, -0.05) is 12.1 Å². The van der Waals surface area contributed by atoms with Crippen LogP contribution < -0.4 is 5.73 Å². The maximum atomic E-state index is 9.05. The highest BCUT2D eigenvalue weighted by Gasteiger charge is 2.52. The Balaban J connectivity index is 2.36. The molecule has 1 heterocycles. The van der Waals surface area contributed by atoms with Gasteiger partial charge in [-0.15, -0.1) is 0 Å². The molecule has 5 heteroatoms. The van der Waals surface area contributed by atoms with Crippen LogP contribution in [0.15, 0.2) is 23.7 Å². The van der Waals surface area contributed by atoms with Gasteiger partial charge in [-0.05, 0) is 63.4 Å². The van der Waals surface area contributed by atoms with E-state index in [1.165, 1.54) is 0 Å². The summed E-state index contributed by atoms with van der Waals surface area (Å²) in [5.41, 5.74) is 8.67. The Labute approximate surface area is 133 Å². The van der Waals surface area contributed by atoms with Gasteiger partial charge in [0.2, 0.25) is 0 Å². The molecular weight excluding hydrogens is 275 g/mol. The molecule has 22 heavy (non-hydrogen) atoms. The van der Waals surface area contributed by atoms with Crippen LogP contribution in [-0.2, 0) is 9.31 Å². The minimum Gasteiger partial charge on any atom is -0.400 e. The second-order valence-electron chi connectivity index (χ2n) is 6.69. The van der Waals surface area contributed by atoms with Crippen molar-refractivity contribution >= 4 is 13.2 Å². The Morgan fingerprint density at radius 3 is 2.36 bits per heavy atom. The van der Waals surface area contributed by atoms with Gasteiger partial charge in [0.1, 0.15) is 0 Å². The number of hydrogen-bond donors (Lipinski definition) is 1. The van der Waals surface area contributed by atoms with E-state index in [-0.39, 0.29) is 0 Å². The molecule has 0 spiro atoms. The lowest BCUT2D eigenvalue weighted by Crippen LogP contribution is -2.41. The van der Waals surface area contributed by atoms with Gasteiger partial charge in [-0.2, -0.15) is 5.26 Å². The van der Waals surface area contributed by atoms with Crippen molar-refractivity contribution in [2.45, 2.75) is 45.8 Å². The maximum absolute atomic E-state index is 9.05. The molecular formula is C17H23BN2O2. The fourth-order valence-electron chi connectivity index (χ4n) is 2.28. The fourth-order valence-corrected chi connectivity index (χ4v) is 2.28. The van der Waals surface area contributed by atoms with Crippen LogP contribution >= 0.6 is 0 Å². The van der Waals surface area contributed by atoms with Crippen molar-refractivity contribution in [2.24, 2.45) is 5.73 Å². The molecule has 2 N–H and O–H groups in total. The van der Waals surface area contributed by atoms with Crippen LogP contribution in [0.2, 0.25) is 0 Å². The van der Waals surface area contributed by atoms with Crippen molar-refractivity contribution in [3.05, 3.63) is 40.4 Å². The first-order valence-corrected chi connectivity index (χ1v) is 7.47. The minimum absolute atomic E-state index is 0.340. The summed E-state index contributed by atoms with van der Waals surface area (Å²) in [4.78, 5) is 0. The first kappa shape index (κ1) is 16.8. The molecule has 1 fully saturated rings. The number of rotatable bonds is 3. The third-order valence-electron chi connectivity index (χ3n) is 4.54. The maximum Gasteiger partial charge on any atom is 0.491 e. The van der Waals surface area contributed by atoms with Crippen molar-refractivity contribution < 1.29 is 9.31 Å². The summed E-state index contributed by atoms with van der Waals surface area (Å²) in [7, 11) is -0.458. The van der Waals surface area contributed by atoms with Gasteiger partial charge in [0.05, 0.1) is 22.8 Å². The number of nitriles is 1. The van der Waals surface area contributed by atoms with Crippen molar-refractivity contribution in [1.29, 1.82) is 5.26 Å². The minimum atomic E-state index is -0.458. The number of benzene rings is 1. The third kappa shape index (κ3) is 3.10. The topological polar surface area (TPSA) is 68.3 Å². The van der Waals surface area contributed by atoms with E-state index >= 15 is 0 Å². The molecule has 0 saturated carbocycles. The normalized spacial score (nSPS) is 20.0. The Morgan fingerprint density at radius 1 is 1.27 bits per heavy atom. The Hall–Kier alpha value is -1.61. The monoisotopic (exact) mass is 298 g/mol. The smallest absolute Gasteiger partial charge is 0.400 e. The van der Waals surface area contributed by atoms with E-state index in [0.717, 1.165) is 16.6 Å². The summed E-state index contributed by atoms with van der Waals surface area (Å²) in [6, 6.07) is 7.76. The van der Waals surface area contributed by atoms with Gasteiger partial charge < -0.3 is 15.0 Å². The van der Waals surface area contributed by atoms with E-state index in [1.807, 2.05) is 58.9 Å². The molecule has 1 aliphatic rings. The van der Waals surface area contributed by atoms with Gasteiger partial charge in [0.25, 0.3) is 0 Å². The number of hydrogen-bond acceptors (Lipinski definition) is 4. The van der Waals surface area contributed by atoms with E-state index < -0.39 is 18.3 Å².